The van der Waals surface area contributed by atoms with Crippen LogP contribution in [0.25, 0.3) is 0 Å². The molecule has 0 aromatic heterocycles. The predicted octanol–water partition coefficient (Wildman–Crippen LogP) is 2.39. The summed E-state index contributed by atoms with van der Waals surface area (Å²) in [4.78, 5) is 11.4. The maximum Gasteiger partial charge on any atom is 0.224 e. The van der Waals surface area contributed by atoms with Crippen LogP contribution in [0.15, 0.2) is 18.2 Å². The van der Waals surface area contributed by atoms with Crippen LogP contribution in [-0.4, -0.2) is 5.91 Å². The zero-order chi connectivity index (χ0) is 11.4. The number of nitrogens with two attached hydrogens (primary N) is 1. The Hall–Kier alpha value is -1.58. The van der Waals surface area contributed by atoms with Crippen LogP contribution in [0.1, 0.15) is 20.3 Å². The first-order valence-electron chi connectivity index (χ1n) is 4.84. The molecule has 0 heterocycles. The van der Waals surface area contributed by atoms with Crippen molar-refractivity contribution in [2.75, 3.05) is 11.1 Å². The molecule has 15 heavy (non-hydrogen) atoms. The van der Waals surface area contributed by atoms with Gasteiger partial charge in [-0.25, -0.2) is 4.39 Å². The minimum absolute atomic E-state index is 0.0804. The molecule has 4 heteroatoms. The molecule has 0 radical (unpaired) electrons. The van der Waals surface area contributed by atoms with Crippen molar-refractivity contribution in [2.24, 2.45) is 5.92 Å². The summed E-state index contributed by atoms with van der Waals surface area (Å²) < 4.78 is 13.0. The SMILES string of the molecule is CC(C)CC(=O)Nc1ccc(N)c(F)c1. The third kappa shape index (κ3) is 3.58. The Morgan fingerprint density at radius 3 is 2.73 bits per heavy atom. The molecule has 1 rings (SSSR count). The van der Waals surface area contributed by atoms with Crippen molar-refractivity contribution >= 4 is 17.3 Å². The Bertz CT molecular complexity index is 364. The molecule has 0 aliphatic rings. The molecule has 0 atom stereocenters. The standard InChI is InChI=1S/C11H15FN2O/c1-7(2)5-11(15)14-8-3-4-10(13)9(12)6-8/h3-4,6-7H,5,13H2,1-2H3,(H,14,15). The number of hydrogen-bond acceptors (Lipinski definition) is 2. The lowest BCUT2D eigenvalue weighted by atomic mass is 10.1. The summed E-state index contributed by atoms with van der Waals surface area (Å²) in [5.74, 6) is -0.352. The Labute approximate surface area is 88.5 Å². The summed E-state index contributed by atoms with van der Waals surface area (Å²) in [6.07, 6.45) is 0.423. The summed E-state index contributed by atoms with van der Waals surface area (Å²) in [5, 5.41) is 2.61. The molecule has 3 nitrogen and oxygen atoms in total. The average Bonchev–Trinajstić information content (AvgIpc) is 2.10. The highest BCUT2D eigenvalue weighted by Crippen LogP contribution is 2.16. The van der Waals surface area contributed by atoms with E-state index in [-0.39, 0.29) is 17.5 Å². The van der Waals surface area contributed by atoms with Gasteiger partial charge < -0.3 is 11.1 Å². The van der Waals surface area contributed by atoms with Crippen LogP contribution in [0.3, 0.4) is 0 Å². The molecule has 3 N–H and O–H groups in total. The van der Waals surface area contributed by atoms with Gasteiger partial charge in [-0.3, -0.25) is 4.79 Å². The smallest absolute Gasteiger partial charge is 0.224 e. The quantitative estimate of drug-likeness (QED) is 0.752. The molecule has 0 aliphatic carbocycles. The van der Waals surface area contributed by atoms with Gasteiger partial charge in [0.2, 0.25) is 5.91 Å². The normalized spacial score (nSPS) is 10.4. The number of halogens is 1. The van der Waals surface area contributed by atoms with E-state index < -0.39 is 5.82 Å². The molecule has 0 fully saturated rings. The number of amides is 1. The Morgan fingerprint density at radius 1 is 1.53 bits per heavy atom. The first-order valence-corrected chi connectivity index (χ1v) is 4.84. The van der Waals surface area contributed by atoms with Gasteiger partial charge in [0.15, 0.2) is 0 Å². The van der Waals surface area contributed by atoms with Gasteiger partial charge in [-0.15, -0.1) is 0 Å². The fraction of sp³-hybridized carbons (Fsp3) is 0.364. The Morgan fingerprint density at radius 2 is 2.20 bits per heavy atom. The molecule has 82 valence electrons. The van der Waals surface area contributed by atoms with Crippen LogP contribution in [0.4, 0.5) is 15.8 Å². The fourth-order valence-corrected chi connectivity index (χ4v) is 1.19. The zero-order valence-electron chi connectivity index (χ0n) is 8.88. The van der Waals surface area contributed by atoms with Crippen LogP contribution in [0, 0.1) is 11.7 Å². The summed E-state index contributed by atoms with van der Waals surface area (Å²) in [5.41, 5.74) is 5.83. The molecule has 0 bridgehead atoms. The van der Waals surface area contributed by atoms with E-state index in [0.717, 1.165) is 0 Å². The van der Waals surface area contributed by atoms with Gasteiger partial charge in [-0.1, -0.05) is 13.8 Å². The Balaban J connectivity index is 2.65. The van der Waals surface area contributed by atoms with E-state index in [1.165, 1.54) is 12.1 Å². The van der Waals surface area contributed by atoms with Gasteiger partial charge >= 0.3 is 0 Å². The van der Waals surface area contributed by atoms with Gasteiger partial charge in [0.1, 0.15) is 5.82 Å². The number of carbonyl (C=O) groups excluding carboxylic acids is 1. The van der Waals surface area contributed by atoms with Gasteiger partial charge in [0.05, 0.1) is 5.69 Å². The highest BCUT2D eigenvalue weighted by atomic mass is 19.1. The van der Waals surface area contributed by atoms with Gasteiger partial charge in [-0.05, 0) is 24.1 Å². The van der Waals surface area contributed by atoms with Crippen molar-refractivity contribution in [3.8, 4) is 0 Å². The lowest BCUT2D eigenvalue weighted by molar-refractivity contribution is -0.116. The summed E-state index contributed by atoms with van der Waals surface area (Å²) in [6, 6.07) is 4.23. The van der Waals surface area contributed by atoms with E-state index in [2.05, 4.69) is 5.32 Å². The number of benzene rings is 1. The first-order chi connectivity index (χ1) is 6.99. The van der Waals surface area contributed by atoms with Crippen LogP contribution in [-0.2, 0) is 4.79 Å². The van der Waals surface area contributed by atoms with Crippen LogP contribution < -0.4 is 11.1 Å². The van der Waals surface area contributed by atoms with Crippen molar-refractivity contribution in [1.29, 1.82) is 0 Å². The highest BCUT2D eigenvalue weighted by Gasteiger charge is 2.06. The molecule has 0 saturated carbocycles. The maximum absolute atomic E-state index is 13.0. The average molecular weight is 210 g/mol. The number of nitrogen functional groups attached to an aromatic ring is 1. The van der Waals surface area contributed by atoms with Crippen molar-refractivity contribution < 1.29 is 9.18 Å². The minimum atomic E-state index is -0.516. The molecule has 1 amide bonds. The van der Waals surface area contributed by atoms with Gasteiger partial charge in [-0.2, -0.15) is 0 Å². The van der Waals surface area contributed by atoms with Crippen molar-refractivity contribution in [1.82, 2.24) is 0 Å². The molecule has 1 aromatic rings. The molecule has 0 spiro atoms. The molecule has 1 aromatic carbocycles. The number of rotatable bonds is 3. The maximum atomic E-state index is 13.0. The highest BCUT2D eigenvalue weighted by molar-refractivity contribution is 5.90. The number of hydrogen-bond donors (Lipinski definition) is 2. The van der Waals surface area contributed by atoms with E-state index >= 15 is 0 Å². The monoisotopic (exact) mass is 210 g/mol. The second kappa shape index (κ2) is 4.77. The zero-order valence-corrected chi connectivity index (χ0v) is 8.88. The predicted molar refractivity (Wildman–Crippen MR) is 58.9 cm³/mol. The van der Waals surface area contributed by atoms with Crippen LogP contribution in [0.5, 0.6) is 0 Å². The van der Waals surface area contributed by atoms with Gasteiger partial charge in [0.25, 0.3) is 0 Å². The van der Waals surface area contributed by atoms with Crippen molar-refractivity contribution in [2.45, 2.75) is 20.3 Å². The third-order valence-electron chi connectivity index (χ3n) is 1.88. The van der Waals surface area contributed by atoms with E-state index in [1.807, 2.05) is 13.8 Å². The number of carbonyl (C=O) groups is 1. The van der Waals surface area contributed by atoms with E-state index in [0.29, 0.717) is 12.1 Å². The second-order valence-electron chi connectivity index (χ2n) is 3.88. The minimum Gasteiger partial charge on any atom is -0.396 e. The van der Waals surface area contributed by atoms with E-state index in [9.17, 15) is 9.18 Å². The third-order valence-corrected chi connectivity index (χ3v) is 1.88. The largest absolute Gasteiger partial charge is 0.396 e. The van der Waals surface area contributed by atoms with Gasteiger partial charge in [0, 0.05) is 12.1 Å². The molecule has 0 aliphatic heterocycles. The first kappa shape index (κ1) is 11.5. The van der Waals surface area contributed by atoms with Crippen LogP contribution >= 0.6 is 0 Å². The second-order valence-corrected chi connectivity index (χ2v) is 3.88. The van der Waals surface area contributed by atoms with E-state index in [4.69, 9.17) is 5.73 Å². The summed E-state index contributed by atoms with van der Waals surface area (Å²) in [7, 11) is 0. The van der Waals surface area contributed by atoms with E-state index in [1.54, 1.807) is 6.07 Å². The Kier molecular flexibility index (Phi) is 3.66. The van der Waals surface area contributed by atoms with Crippen LogP contribution in [0.2, 0.25) is 0 Å². The lowest BCUT2D eigenvalue weighted by Gasteiger charge is -2.07. The number of anilines is 2. The molecule has 0 unspecified atom stereocenters. The van der Waals surface area contributed by atoms with Crippen molar-refractivity contribution in [3.05, 3.63) is 24.0 Å². The summed E-state index contributed by atoms with van der Waals surface area (Å²) in [6.45, 7) is 3.90. The lowest BCUT2D eigenvalue weighted by Crippen LogP contribution is -2.14. The molecular weight excluding hydrogens is 195 g/mol. The fourth-order valence-electron chi connectivity index (χ4n) is 1.19. The molecular formula is C11H15FN2O. The number of nitrogens with one attached hydrogen (secondary N) is 1. The molecule has 0 saturated heterocycles. The summed E-state index contributed by atoms with van der Waals surface area (Å²) >= 11 is 0. The van der Waals surface area contributed by atoms with Crippen molar-refractivity contribution in [3.63, 3.8) is 0 Å². The topological polar surface area (TPSA) is 55.1 Å².